The Bertz CT molecular complexity index is 439. The normalized spacial score (nSPS) is 18.2. The zero-order valence-corrected chi connectivity index (χ0v) is 11.4. The van der Waals surface area contributed by atoms with Crippen LogP contribution in [0.4, 0.5) is 0 Å². The number of hydrogen-bond donors (Lipinski definition) is 1. The molecule has 18 heavy (non-hydrogen) atoms. The van der Waals surface area contributed by atoms with Crippen LogP contribution in [0.15, 0.2) is 24.3 Å². The second-order valence-corrected chi connectivity index (χ2v) is 6.35. The zero-order valence-electron chi connectivity index (χ0n) is 11.4. The molecule has 0 heterocycles. The summed E-state index contributed by atoms with van der Waals surface area (Å²) in [6.45, 7) is 5.67. The largest absolute Gasteiger partial charge is 0.384 e. The van der Waals surface area contributed by atoms with E-state index < -0.39 is 11.5 Å². The van der Waals surface area contributed by atoms with Gasteiger partial charge < -0.3 is 5.11 Å². The van der Waals surface area contributed by atoms with Crippen LogP contribution in [0, 0.1) is 5.41 Å². The minimum absolute atomic E-state index is 0.134. The quantitative estimate of drug-likeness (QED) is 0.828. The molecule has 1 aromatic carbocycles. The third-order valence-corrected chi connectivity index (χ3v) is 3.84. The first-order valence-electron chi connectivity index (χ1n) is 6.72. The van der Waals surface area contributed by atoms with Gasteiger partial charge >= 0.3 is 0 Å². The maximum atomic E-state index is 12.4. The van der Waals surface area contributed by atoms with Crippen LogP contribution in [0.5, 0.6) is 0 Å². The van der Waals surface area contributed by atoms with E-state index in [1.54, 1.807) is 0 Å². The molecule has 1 atom stereocenters. The Kier molecular flexibility index (Phi) is 3.58. The van der Waals surface area contributed by atoms with Gasteiger partial charge in [0.15, 0.2) is 5.78 Å². The summed E-state index contributed by atoms with van der Waals surface area (Å²) in [6, 6.07) is 7.75. The van der Waals surface area contributed by atoms with E-state index in [4.69, 9.17) is 0 Å². The first-order chi connectivity index (χ1) is 8.41. The Morgan fingerprint density at radius 2 is 1.89 bits per heavy atom. The molecule has 0 bridgehead atoms. The summed E-state index contributed by atoms with van der Waals surface area (Å²) in [5.74, 6) is 0.377. The molecule has 1 aliphatic rings. The van der Waals surface area contributed by atoms with Crippen molar-refractivity contribution in [3.05, 3.63) is 35.4 Å². The number of rotatable bonds is 3. The smallest absolute Gasteiger partial charge is 0.192 e. The zero-order chi connectivity index (χ0) is 13.3. The van der Waals surface area contributed by atoms with E-state index in [1.807, 2.05) is 45.0 Å². The van der Waals surface area contributed by atoms with Gasteiger partial charge in [-0.05, 0) is 29.7 Å². The fourth-order valence-electron chi connectivity index (χ4n) is 2.34. The van der Waals surface area contributed by atoms with Crippen molar-refractivity contribution in [3.8, 4) is 0 Å². The lowest BCUT2D eigenvalue weighted by atomic mass is 9.76. The Labute approximate surface area is 109 Å². The van der Waals surface area contributed by atoms with E-state index >= 15 is 0 Å². The Morgan fingerprint density at radius 1 is 1.28 bits per heavy atom. The molecule has 1 saturated carbocycles. The summed E-state index contributed by atoms with van der Waals surface area (Å²) < 4.78 is 0. The molecule has 0 saturated heterocycles. The van der Waals surface area contributed by atoms with Gasteiger partial charge in [-0.1, -0.05) is 51.5 Å². The molecular formula is C16H22O2. The van der Waals surface area contributed by atoms with Gasteiger partial charge in [0, 0.05) is 5.56 Å². The highest BCUT2D eigenvalue weighted by molar-refractivity contribution is 6.01. The summed E-state index contributed by atoms with van der Waals surface area (Å²) in [6.07, 6.45) is 2.64. The molecular weight excluding hydrogens is 224 g/mol. The molecule has 0 amide bonds. The molecule has 2 nitrogen and oxygen atoms in total. The molecule has 98 valence electrons. The fraction of sp³-hybridized carbons (Fsp3) is 0.562. The summed E-state index contributed by atoms with van der Waals surface area (Å²) in [4.78, 5) is 12.4. The third kappa shape index (κ3) is 2.49. The number of carbonyl (C=O) groups is 1. The number of benzene rings is 1. The molecule has 0 aromatic heterocycles. The predicted octanol–water partition coefficient (Wildman–Crippen LogP) is 3.54. The van der Waals surface area contributed by atoms with Crippen LogP contribution in [0.25, 0.3) is 0 Å². The molecule has 0 spiro atoms. The number of ketones is 1. The lowest BCUT2D eigenvalue weighted by Crippen LogP contribution is -2.35. The predicted molar refractivity (Wildman–Crippen MR) is 72.8 cm³/mol. The van der Waals surface area contributed by atoms with Crippen molar-refractivity contribution in [1.29, 1.82) is 0 Å². The van der Waals surface area contributed by atoms with Crippen LogP contribution in [0.1, 0.15) is 61.9 Å². The Hall–Kier alpha value is -1.15. The number of aliphatic hydroxyl groups excluding tert-OH is 1. The van der Waals surface area contributed by atoms with Crippen molar-refractivity contribution in [2.24, 2.45) is 5.41 Å². The van der Waals surface area contributed by atoms with Crippen LogP contribution < -0.4 is 0 Å². The number of carbonyl (C=O) groups excluding carboxylic acids is 1. The second-order valence-electron chi connectivity index (χ2n) is 6.35. The van der Waals surface area contributed by atoms with E-state index in [0.717, 1.165) is 18.4 Å². The van der Waals surface area contributed by atoms with E-state index in [1.165, 1.54) is 6.42 Å². The van der Waals surface area contributed by atoms with Crippen LogP contribution in [-0.2, 0) is 0 Å². The fourth-order valence-corrected chi connectivity index (χ4v) is 2.34. The average Bonchev–Trinajstić information content (AvgIpc) is 2.24. The van der Waals surface area contributed by atoms with Crippen molar-refractivity contribution in [3.63, 3.8) is 0 Å². The SMILES string of the molecule is CC(C)(C)C(O)C(=O)c1ccccc1C1CCC1. The standard InChI is InChI=1S/C16H22O2/c1-16(2,3)15(18)14(17)13-10-5-4-9-12(13)11-7-6-8-11/h4-5,9-11,15,18H,6-8H2,1-3H3. The molecule has 1 aliphatic carbocycles. The molecule has 0 radical (unpaired) electrons. The Balaban J connectivity index is 2.30. The van der Waals surface area contributed by atoms with Gasteiger partial charge in [-0.25, -0.2) is 0 Å². The molecule has 0 aliphatic heterocycles. The van der Waals surface area contributed by atoms with Gasteiger partial charge in [0.05, 0.1) is 0 Å². The van der Waals surface area contributed by atoms with E-state index in [9.17, 15) is 9.90 Å². The van der Waals surface area contributed by atoms with Gasteiger partial charge in [0.2, 0.25) is 0 Å². The number of Topliss-reactive ketones (excluding diaryl/α,β-unsaturated/α-hetero) is 1. The van der Waals surface area contributed by atoms with Crippen LogP contribution in [-0.4, -0.2) is 17.0 Å². The monoisotopic (exact) mass is 246 g/mol. The first kappa shape index (κ1) is 13.3. The van der Waals surface area contributed by atoms with Crippen LogP contribution in [0.3, 0.4) is 0 Å². The van der Waals surface area contributed by atoms with Crippen LogP contribution >= 0.6 is 0 Å². The summed E-state index contributed by atoms with van der Waals surface area (Å²) in [7, 11) is 0. The highest BCUT2D eigenvalue weighted by Crippen LogP contribution is 2.38. The number of hydrogen-bond acceptors (Lipinski definition) is 2. The minimum Gasteiger partial charge on any atom is -0.384 e. The molecule has 2 heteroatoms. The van der Waals surface area contributed by atoms with Crippen molar-refractivity contribution < 1.29 is 9.90 Å². The lowest BCUT2D eigenvalue weighted by Gasteiger charge is -2.30. The Morgan fingerprint density at radius 3 is 2.39 bits per heavy atom. The van der Waals surface area contributed by atoms with Crippen molar-refractivity contribution in [1.82, 2.24) is 0 Å². The van der Waals surface area contributed by atoms with E-state index in [2.05, 4.69) is 0 Å². The van der Waals surface area contributed by atoms with Gasteiger partial charge in [0.1, 0.15) is 6.10 Å². The summed E-state index contributed by atoms with van der Waals surface area (Å²) in [5, 5.41) is 10.2. The maximum Gasteiger partial charge on any atom is 0.192 e. The van der Waals surface area contributed by atoms with Crippen molar-refractivity contribution in [2.75, 3.05) is 0 Å². The number of aliphatic hydroxyl groups is 1. The maximum absolute atomic E-state index is 12.4. The third-order valence-electron chi connectivity index (χ3n) is 3.84. The van der Waals surface area contributed by atoms with Crippen LogP contribution in [0.2, 0.25) is 0 Å². The van der Waals surface area contributed by atoms with Crippen molar-refractivity contribution >= 4 is 5.78 Å². The summed E-state index contributed by atoms with van der Waals surface area (Å²) >= 11 is 0. The topological polar surface area (TPSA) is 37.3 Å². The molecule has 2 rings (SSSR count). The van der Waals surface area contributed by atoms with E-state index in [-0.39, 0.29) is 5.78 Å². The molecule has 1 N–H and O–H groups in total. The molecule has 1 aromatic rings. The van der Waals surface area contributed by atoms with Gasteiger partial charge in [0.25, 0.3) is 0 Å². The molecule has 1 fully saturated rings. The highest BCUT2D eigenvalue weighted by Gasteiger charge is 2.32. The molecule has 1 unspecified atom stereocenters. The van der Waals surface area contributed by atoms with Crippen molar-refractivity contribution in [2.45, 2.75) is 52.1 Å². The second kappa shape index (κ2) is 4.85. The first-order valence-corrected chi connectivity index (χ1v) is 6.72. The van der Waals surface area contributed by atoms with Gasteiger partial charge in [-0.15, -0.1) is 0 Å². The lowest BCUT2D eigenvalue weighted by molar-refractivity contribution is 0.0441. The van der Waals surface area contributed by atoms with E-state index in [0.29, 0.717) is 11.5 Å². The summed E-state index contributed by atoms with van der Waals surface area (Å²) in [5.41, 5.74) is 1.42. The average molecular weight is 246 g/mol. The van der Waals surface area contributed by atoms with Gasteiger partial charge in [-0.3, -0.25) is 4.79 Å². The highest BCUT2D eigenvalue weighted by atomic mass is 16.3. The minimum atomic E-state index is -0.932. The van der Waals surface area contributed by atoms with Gasteiger partial charge in [-0.2, -0.15) is 0 Å².